The van der Waals surface area contributed by atoms with Crippen molar-refractivity contribution in [3.05, 3.63) is 0 Å². The van der Waals surface area contributed by atoms with Crippen LogP contribution in [0.15, 0.2) is 0 Å². The molecule has 7 heteroatoms. The summed E-state index contributed by atoms with van der Waals surface area (Å²) in [5.74, 6) is -2.11. The Morgan fingerprint density at radius 1 is 1.42 bits per heavy atom. The maximum absolute atomic E-state index is 10.7. The Kier molecular flexibility index (Phi) is 3.71. The largest absolute Gasteiger partial charge is 0.481 e. The second-order valence-electron chi connectivity index (χ2n) is 2.02. The minimum atomic E-state index is -1.35. The van der Waals surface area contributed by atoms with Crippen LogP contribution in [0.25, 0.3) is 0 Å². The third kappa shape index (κ3) is 4.23. The fourth-order valence-electron chi connectivity index (χ4n) is 0.493. The maximum atomic E-state index is 10.7. The smallest absolute Gasteiger partial charge is 0.313 e. The van der Waals surface area contributed by atoms with Crippen LogP contribution < -0.4 is 16.8 Å². The van der Waals surface area contributed by atoms with E-state index < -0.39 is 30.4 Å². The maximum Gasteiger partial charge on any atom is 0.313 e. The van der Waals surface area contributed by atoms with Crippen molar-refractivity contribution in [2.24, 2.45) is 11.5 Å². The summed E-state index contributed by atoms with van der Waals surface area (Å²) in [7, 11) is 0. The van der Waals surface area contributed by atoms with Crippen molar-refractivity contribution in [3.8, 4) is 0 Å². The van der Waals surface area contributed by atoms with Gasteiger partial charge >= 0.3 is 12.0 Å². The first-order chi connectivity index (χ1) is 5.43. The zero-order chi connectivity index (χ0) is 9.72. The molecule has 6 N–H and O–H groups in total. The number of carbonyl (C=O) groups is 3. The van der Waals surface area contributed by atoms with Gasteiger partial charge in [0.15, 0.2) is 5.78 Å². The highest BCUT2D eigenvalue weighted by molar-refractivity contribution is 5.98. The minimum Gasteiger partial charge on any atom is -0.481 e. The second-order valence-corrected chi connectivity index (χ2v) is 2.02. The van der Waals surface area contributed by atoms with Crippen LogP contribution >= 0.6 is 0 Å². The molecule has 0 saturated heterocycles. The van der Waals surface area contributed by atoms with E-state index in [0.717, 1.165) is 0 Å². The van der Waals surface area contributed by atoms with E-state index in [1.165, 1.54) is 0 Å². The number of carboxylic acid groups (broad SMARTS) is 1. The molecule has 0 aromatic rings. The molecule has 0 aromatic carbocycles. The molecule has 0 aliphatic rings. The van der Waals surface area contributed by atoms with Gasteiger partial charge in [0.05, 0.1) is 0 Å². The molecule has 0 fully saturated rings. The highest BCUT2D eigenvalue weighted by Crippen LogP contribution is 1.85. The normalized spacial score (nSPS) is 11.8. The number of nitrogens with one attached hydrogen (secondary N) is 1. The van der Waals surface area contributed by atoms with Crippen LogP contribution in [-0.2, 0) is 9.59 Å². The fraction of sp³-hybridized carbons (Fsp3) is 0.400. The number of hydrogen-bond donors (Lipinski definition) is 4. The lowest BCUT2D eigenvalue weighted by Crippen LogP contribution is -2.49. The minimum absolute atomic E-state index is 0.735. The monoisotopic (exact) mass is 175 g/mol. The van der Waals surface area contributed by atoms with Gasteiger partial charge in [0.1, 0.15) is 12.6 Å². The summed E-state index contributed by atoms with van der Waals surface area (Å²) in [4.78, 5) is 30.8. The first-order valence-electron chi connectivity index (χ1n) is 2.99. The average molecular weight is 175 g/mol. The molecule has 0 aliphatic heterocycles. The highest BCUT2D eigenvalue weighted by Gasteiger charge is 2.17. The van der Waals surface area contributed by atoms with Crippen LogP contribution in [0.1, 0.15) is 6.42 Å². The Bertz CT molecular complexity index is 215. The molecule has 0 saturated carbocycles. The van der Waals surface area contributed by atoms with Crippen LogP contribution in [0, 0.1) is 0 Å². The molecule has 7 nitrogen and oxygen atoms in total. The van der Waals surface area contributed by atoms with Gasteiger partial charge in [-0.1, -0.05) is 0 Å². The van der Waals surface area contributed by atoms with Gasteiger partial charge < -0.3 is 21.9 Å². The van der Waals surface area contributed by atoms with Crippen LogP contribution in [-0.4, -0.2) is 29.1 Å². The molecule has 0 heterocycles. The molecular formula is C5H9N3O4. The van der Waals surface area contributed by atoms with Crippen molar-refractivity contribution in [2.75, 3.05) is 0 Å². The van der Waals surface area contributed by atoms with Crippen LogP contribution in [0.5, 0.6) is 0 Å². The zero-order valence-electron chi connectivity index (χ0n) is 6.11. The van der Waals surface area contributed by atoms with Crippen molar-refractivity contribution >= 4 is 17.8 Å². The standard InChI is InChI=1S/C5H9N3O4/c6-4(8-5(7)12)2(9)1-3(10)11/h4H,1,6H2,(H,10,11)(H3,7,8,12). The van der Waals surface area contributed by atoms with E-state index in [1.54, 1.807) is 0 Å². The van der Waals surface area contributed by atoms with E-state index in [1.807, 2.05) is 5.32 Å². The average Bonchev–Trinajstić information content (AvgIpc) is 1.84. The topological polar surface area (TPSA) is 136 Å². The number of rotatable bonds is 4. The number of primary amides is 1. The van der Waals surface area contributed by atoms with E-state index in [4.69, 9.17) is 10.8 Å². The Balaban J connectivity index is 3.93. The van der Waals surface area contributed by atoms with E-state index in [0.29, 0.717) is 0 Å². The molecule has 68 valence electrons. The lowest BCUT2D eigenvalue weighted by atomic mass is 10.2. The summed E-state index contributed by atoms with van der Waals surface area (Å²) in [6.45, 7) is 0. The quantitative estimate of drug-likeness (QED) is 0.289. The van der Waals surface area contributed by atoms with Gasteiger partial charge in [-0.05, 0) is 0 Å². The summed E-state index contributed by atoms with van der Waals surface area (Å²) in [6.07, 6.45) is -2.08. The number of aliphatic carboxylic acids is 1. The van der Waals surface area contributed by atoms with Crippen LogP contribution in [0.3, 0.4) is 0 Å². The third-order valence-corrected chi connectivity index (χ3v) is 0.970. The Morgan fingerprint density at radius 3 is 2.25 bits per heavy atom. The van der Waals surface area contributed by atoms with E-state index in [9.17, 15) is 14.4 Å². The van der Waals surface area contributed by atoms with Crippen LogP contribution in [0.2, 0.25) is 0 Å². The van der Waals surface area contributed by atoms with E-state index in [2.05, 4.69) is 5.73 Å². The predicted molar refractivity (Wildman–Crippen MR) is 38.0 cm³/mol. The second kappa shape index (κ2) is 4.29. The first kappa shape index (κ1) is 10.4. The van der Waals surface area contributed by atoms with Gasteiger partial charge in [0.2, 0.25) is 0 Å². The lowest BCUT2D eigenvalue weighted by Gasteiger charge is -2.08. The molecule has 0 rings (SSSR count). The SMILES string of the molecule is NC(=O)NC(N)C(=O)CC(=O)O. The third-order valence-electron chi connectivity index (χ3n) is 0.970. The van der Waals surface area contributed by atoms with E-state index >= 15 is 0 Å². The summed E-state index contributed by atoms with van der Waals surface area (Å²) < 4.78 is 0. The number of carboxylic acids is 1. The van der Waals surface area contributed by atoms with Gasteiger partial charge in [0, 0.05) is 0 Å². The number of Topliss-reactive ketones (excluding diaryl/α,β-unsaturated/α-hetero) is 1. The molecule has 0 aliphatic carbocycles. The molecule has 0 spiro atoms. The van der Waals surface area contributed by atoms with Gasteiger partial charge in [0.25, 0.3) is 0 Å². The molecule has 2 amide bonds. The molecule has 12 heavy (non-hydrogen) atoms. The van der Waals surface area contributed by atoms with E-state index in [-0.39, 0.29) is 0 Å². The predicted octanol–water partition coefficient (Wildman–Crippen LogP) is -2.02. The van der Waals surface area contributed by atoms with Crippen molar-refractivity contribution in [1.29, 1.82) is 0 Å². The number of urea groups is 1. The Hall–Kier alpha value is -1.63. The number of nitrogens with two attached hydrogens (primary N) is 2. The summed E-state index contributed by atoms with van der Waals surface area (Å²) in [5.41, 5.74) is 9.67. The Morgan fingerprint density at radius 2 is 1.92 bits per heavy atom. The molecular weight excluding hydrogens is 166 g/mol. The molecule has 0 radical (unpaired) electrons. The summed E-state index contributed by atoms with van der Waals surface area (Å²) in [6, 6.07) is -0.971. The molecule has 1 unspecified atom stereocenters. The molecule has 0 bridgehead atoms. The fourth-order valence-corrected chi connectivity index (χ4v) is 0.493. The van der Waals surface area contributed by atoms with Gasteiger partial charge in [-0.15, -0.1) is 0 Å². The van der Waals surface area contributed by atoms with Crippen LogP contribution in [0.4, 0.5) is 4.79 Å². The lowest BCUT2D eigenvalue weighted by molar-refractivity contribution is -0.140. The number of amides is 2. The van der Waals surface area contributed by atoms with Crippen molar-refractivity contribution in [1.82, 2.24) is 5.32 Å². The zero-order valence-corrected chi connectivity index (χ0v) is 6.11. The molecule has 1 atom stereocenters. The van der Waals surface area contributed by atoms with Gasteiger partial charge in [-0.3, -0.25) is 9.59 Å². The number of ketones is 1. The summed E-state index contributed by atoms with van der Waals surface area (Å²) >= 11 is 0. The Labute approximate surface area is 67.7 Å². The number of hydrogen-bond acceptors (Lipinski definition) is 4. The van der Waals surface area contributed by atoms with Crippen molar-refractivity contribution < 1.29 is 19.5 Å². The summed E-state index contributed by atoms with van der Waals surface area (Å²) in [5, 5.41) is 10.00. The van der Waals surface area contributed by atoms with Gasteiger partial charge in [-0.2, -0.15) is 0 Å². The van der Waals surface area contributed by atoms with Crippen molar-refractivity contribution in [2.45, 2.75) is 12.6 Å². The first-order valence-corrected chi connectivity index (χ1v) is 2.99. The highest BCUT2D eigenvalue weighted by atomic mass is 16.4. The van der Waals surface area contributed by atoms with Gasteiger partial charge in [-0.25, -0.2) is 4.79 Å². The number of carbonyl (C=O) groups excluding carboxylic acids is 2. The van der Waals surface area contributed by atoms with Crippen molar-refractivity contribution in [3.63, 3.8) is 0 Å². The molecule has 0 aromatic heterocycles.